The van der Waals surface area contributed by atoms with Crippen molar-refractivity contribution in [2.45, 2.75) is 13.5 Å². The molecule has 3 nitrogen and oxygen atoms in total. The van der Waals surface area contributed by atoms with Gasteiger partial charge in [-0.3, -0.25) is 9.36 Å². The van der Waals surface area contributed by atoms with Crippen LogP contribution in [0.1, 0.15) is 5.69 Å². The second-order valence-corrected chi connectivity index (χ2v) is 3.47. The number of aromatic nitrogens is 2. The molecule has 12 heavy (non-hydrogen) atoms. The van der Waals surface area contributed by atoms with E-state index in [1.54, 1.807) is 12.4 Å². The van der Waals surface area contributed by atoms with E-state index in [1.807, 2.05) is 29.5 Å². The lowest BCUT2D eigenvalue weighted by molar-refractivity contribution is 0.740. The normalized spacial score (nSPS) is 9.83. The summed E-state index contributed by atoms with van der Waals surface area (Å²) in [5, 5.41) is 0. The Hall–Kier alpha value is -0.650. The monoisotopic (exact) mass is 276 g/mol. The highest BCUT2D eigenvalue weighted by Crippen LogP contribution is 2.00. The first-order chi connectivity index (χ1) is 5.66. The topological polar surface area (TPSA) is 34.9 Å². The molecule has 64 valence electrons. The van der Waals surface area contributed by atoms with Gasteiger partial charge in [0.25, 0.3) is 5.56 Å². The number of allylic oxidation sites excluding steroid dienone is 1. The molecule has 4 heteroatoms. The predicted molar refractivity (Wildman–Crippen MR) is 56.1 cm³/mol. The highest BCUT2D eigenvalue weighted by Gasteiger charge is 2.02. The Labute approximate surface area is 84.3 Å². The third-order valence-electron chi connectivity index (χ3n) is 1.48. The molecule has 1 aromatic heterocycles. The van der Waals surface area contributed by atoms with Crippen LogP contribution in [0.25, 0.3) is 0 Å². The van der Waals surface area contributed by atoms with Crippen LogP contribution in [0.5, 0.6) is 0 Å². The van der Waals surface area contributed by atoms with Gasteiger partial charge in [-0.25, -0.2) is 4.98 Å². The van der Waals surface area contributed by atoms with Crippen molar-refractivity contribution in [1.82, 2.24) is 9.55 Å². The van der Waals surface area contributed by atoms with Crippen molar-refractivity contribution < 1.29 is 0 Å². The molecule has 0 fully saturated rings. The summed E-state index contributed by atoms with van der Waals surface area (Å²) < 4.78 is 2.21. The molecule has 0 amide bonds. The third-order valence-corrected chi connectivity index (χ3v) is 2.72. The summed E-state index contributed by atoms with van der Waals surface area (Å²) in [5.41, 5.74) is 0.781. The molecule has 0 aliphatic rings. The average Bonchev–Trinajstić information content (AvgIpc) is 2.07. The number of hydrogen-bond acceptors (Lipinski definition) is 2. The van der Waals surface area contributed by atoms with Gasteiger partial charge in [0.2, 0.25) is 0 Å². The Morgan fingerprint density at radius 3 is 3.08 bits per heavy atom. The van der Waals surface area contributed by atoms with Crippen molar-refractivity contribution in [2.24, 2.45) is 0 Å². The van der Waals surface area contributed by atoms with Gasteiger partial charge in [-0.2, -0.15) is 0 Å². The maximum absolute atomic E-state index is 11.4. The number of hydrogen-bond donors (Lipinski definition) is 0. The van der Waals surface area contributed by atoms with Gasteiger partial charge >= 0.3 is 0 Å². The van der Waals surface area contributed by atoms with Crippen LogP contribution in [0.3, 0.4) is 0 Å². The van der Waals surface area contributed by atoms with Crippen molar-refractivity contribution in [1.29, 1.82) is 0 Å². The van der Waals surface area contributed by atoms with E-state index in [0.29, 0.717) is 10.1 Å². The summed E-state index contributed by atoms with van der Waals surface area (Å²) in [6.07, 6.45) is 3.22. The lowest BCUT2D eigenvalue weighted by Gasteiger charge is -2.02. The molecule has 0 atom stereocenters. The zero-order valence-electron chi connectivity index (χ0n) is 6.75. The highest BCUT2D eigenvalue weighted by molar-refractivity contribution is 14.1. The van der Waals surface area contributed by atoms with Crippen LogP contribution >= 0.6 is 22.6 Å². The van der Waals surface area contributed by atoms with Crippen LogP contribution in [-0.4, -0.2) is 9.55 Å². The lowest BCUT2D eigenvalue weighted by Crippen LogP contribution is -2.23. The van der Waals surface area contributed by atoms with Gasteiger partial charge in [-0.1, -0.05) is 6.08 Å². The molecule has 1 aromatic rings. The Bertz CT molecular complexity index is 357. The van der Waals surface area contributed by atoms with E-state index in [4.69, 9.17) is 0 Å². The number of rotatable bonds is 2. The Morgan fingerprint density at radius 1 is 1.83 bits per heavy atom. The van der Waals surface area contributed by atoms with Gasteiger partial charge in [0, 0.05) is 6.54 Å². The first-order valence-corrected chi connectivity index (χ1v) is 4.57. The van der Waals surface area contributed by atoms with E-state index >= 15 is 0 Å². The van der Waals surface area contributed by atoms with Gasteiger partial charge in [0.05, 0.1) is 15.6 Å². The number of nitrogens with zero attached hydrogens (tertiary/aromatic N) is 2. The van der Waals surface area contributed by atoms with Crippen molar-refractivity contribution >= 4 is 22.6 Å². The Balaban J connectivity index is 3.26. The fourth-order valence-electron chi connectivity index (χ4n) is 0.815. The standard InChI is InChI=1S/C8H9IN2O/c1-3-4-11-5-10-6(2)7(9)8(11)12/h3,5H,1,4H2,2H3. The van der Waals surface area contributed by atoms with Crippen molar-refractivity contribution in [2.75, 3.05) is 0 Å². The fourth-order valence-corrected chi connectivity index (χ4v) is 1.26. The molecule has 0 N–H and O–H groups in total. The molecule has 1 heterocycles. The maximum atomic E-state index is 11.4. The number of aryl methyl sites for hydroxylation is 1. The lowest BCUT2D eigenvalue weighted by atomic mass is 10.4. The largest absolute Gasteiger partial charge is 0.294 e. The molecule has 0 bridgehead atoms. The smallest absolute Gasteiger partial charge is 0.267 e. The molecule has 0 radical (unpaired) electrons. The van der Waals surface area contributed by atoms with Gasteiger partial charge in [0.15, 0.2) is 0 Å². The molecule has 0 saturated heterocycles. The highest BCUT2D eigenvalue weighted by atomic mass is 127. The molecule has 0 saturated carbocycles. The Morgan fingerprint density at radius 2 is 2.50 bits per heavy atom. The minimum absolute atomic E-state index is 0.00278. The molecule has 0 aromatic carbocycles. The van der Waals surface area contributed by atoms with Crippen LogP contribution < -0.4 is 5.56 Å². The SMILES string of the molecule is C=CCn1cnc(C)c(I)c1=O. The minimum atomic E-state index is 0.00278. The van der Waals surface area contributed by atoms with E-state index in [0.717, 1.165) is 5.69 Å². The molecule has 0 unspecified atom stereocenters. The minimum Gasteiger partial charge on any atom is -0.294 e. The van der Waals surface area contributed by atoms with Gasteiger partial charge in [-0.15, -0.1) is 6.58 Å². The van der Waals surface area contributed by atoms with E-state index in [-0.39, 0.29) is 5.56 Å². The average molecular weight is 276 g/mol. The zero-order valence-corrected chi connectivity index (χ0v) is 8.91. The zero-order chi connectivity index (χ0) is 9.14. The van der Waals surface area contributed by atoms with Gasteiger partial charge in [-0.05, 0) is 29.5 Å². The maximum Gasteiger partial charge on any atom is 0.267 e. The molecule has 0 aliphatic heterocycles. The van der Waals surface area contributed by atoms with Crippen LogP contribution in [0, 0.1) is 10.5 Å². The summed E-state index contributed by atoms with van der Waals surface area (Å²) in [5.74, 6) is 0. The second kappa shape index (κ2) is 3.84. The molecule has 0 spiro atoms. The first-order valence-electron chi connectivity index (χ1n) is 3.49. The van der Waals surface area contributed by atoms with Crippen molar-refractivity contribution in [3.05, 3.63) is 38.6 Å². The summed E-state index contributed by atoms with van der Waals surface area (Å²) in [4.78, 5) is 15.5. The predicted octanol–water partition coefficient (Wildman–Crippen LogP) is 1.34. The molecular formula is C8H9IN2O. The number of halogens is 1. The third kappa shape index (κ3) is 1.74. The summed E-state index contributed by atoms with van der Waals surface area (Å²) in [6.45, 7) is 5.90. The summed E-state index contributed by atoms with van der Waals surface area (Å²) >= 11 is 2.00. The van der Waals surface area contributed by atoms with Crippen molar-refractivity contribution in [3.63, 3.8) is 0 Å². The van der Waals surface area contributed by atoms with Crippen LogP contribution in [-0.2, 0) is 6.54 Å². The first kappa shape index (κ1) is 9.44. The second-order valence-electron chi connectivity index (χ2n) is 2.39. The van der Waals surface area contributed by atoms with Gasteiger partial charge < -0.3 is 0 Å². The van der Waals surface area contributed by atoms with E-state index in [1.165, 1.54) is 4.57 Å². The fraction of sp³-hybridized carbons (Fsp3) is 0.250. The van der Waals surface area contributed by atoms with E-state index in [2.05, 4.69) is 11.6 Å². The summed E-state index contributed by atoms with van der Waals surface area (Å²) in [7, 11) is 0. The molecule has 1 rings (SSSR count). The summed E-state index contributed by atoms with van der Waals surface area (Å²) in [6, 6.07) is 0. The van der Waals surface area contributed by atoms with Crippen LogP contribution in [0.15, 0.2) is 23.8 Å². The quantitative estimate of drug-likeness (QED) is 0.603. The van der Waals surface area contributed by atoms with E-state index in [9.17, 15) is 4.79 Å². The molecular weight excluding hydrogens is 267 g/mol. The van der Waals surface area contributed by atoms with E-state index < -0.39 is 0 Å². The van der Waals surface area contributed by atoms with Crippen LogP contribution in [0.4, 0.5) is 0 Å². The molecule has 0 aliphatic carbocycles. The van der Waals surface area contributed by atoms with Gasteiger partial charge in [0.1, 0.15) is 0 Å². The Kier molecular flexibility index (Phi) is 3.02. The van der Waals surface area contributed by atoms with Crippen molar-refractivity contribution in [3.8, 4) is 0 Å². The van der Waals surface area contributed by atoms with Crippen LogP contribution in [0.2, 0.25) is 0 Å².